The van der Waals surface area contributed by atoms with Gasteiger partial charge in [0.1, 0.15) is 6.04 Å². The summed E-state index contributed by atoms with van der Waals surface area (Å²) in [5.74, 6) is -0.216. The Labute approximate surface area is 141 Å². The van der Waals surface area contributed by atoms with Crippen molar-refractivity contribution in [3.05, 3.63) is 71.8 Å². The third-order valence-corrected chi connectivity index (χ3v) is 4.88. The zero-order chi connectivity index (χ0) is 16.8. The molecule has 2 amide bonds. The molecule has 2 aromatic rings. The zero-order valence-electron chi connectivity index (χ0n) is 13.5. The second-order valence-electron chi connectivity index (χ2n) is 6.21. The summed E-state index contributed by atoms with van der Waals surface area (Å²) < 4.78 is 0. The Morgan fingerprint density at radius 2 is 1.75 bits per heavy atom. The smallest absolute Gasteiger partial charge is 0.259 e. The number of hydrogen-bond acceptors (Lipinski definition) is 2. The fourth-order valence-electron chi connectivity index (χ4n) is 3.62. The number of carbonyl (C=O) groups excluding carboxylic acids is 2. The normalized spacial score (nSPS) is 17.0. The van der Waals surface area contributed by atoms with Crippen molar-refractivity contribution in [1.82, 2.24) is 4.90 Å². The van der Waals surface area contributed by atoms with Gasteiger partial charge < -0.3 is 4.90 Å². The van der Waals surface area contributed by atoms with E-state index in [1.807, 2.05) is 42.5 Å². The van der Waals surface area contributed by atoms with Crippen LogP contribution in [0.1, 0.15) is 28.4 Å². The molecule has 1 atom stereocenters. The molecule has 4 rings (SSSR count). The van der Waals surface area contributed by atoms with Crippen LogP contribution in [0.5, 0.6) is 0 Å². The summed E-state index contributed by atoms with van der Waals surface area (Å²) in [7, 11) is 0. The number of anilines is 1. The van der Waals surface area contributed by atoms with Gasteiger partial charge >= 0.3 is 0 Å². The number of rotatable bonds is 2. The van der Waals surface area contributed by atoms with Gasteiger partial charge in [-0.2, -0.15) is 0 Å². The minimum Gasteiger partial charge on any atom is -0.310 e. The van der Waals surface area contributed by atoms with Crippen molar-refractivity contribution in [3.63, 3.8) is 0 Å². The molecule has 0 aliphatic carbocycles. The largest absolute Gasteiger partial charge is 0.310 e. The van der Waals surface area contributed by atoms with Crippen molar-refractivity contribution < 1.29 is 9.59 Å². The van der Waals surface area contributed by atoms with E-state index < -0.39 is 6.04 Å². The van der Waals surface area contributed by atoms with Crippen LogP contribution in [-0.2, 0) is 11.2 Å². The fourth-order valence-corrected chi connectivity index (χ4v) is 3.62. The predicted molar refractivity (Wildman–Crippen MR) is 93.6 cm³/mol. The number of benzene rings is 2. The molecule has 2 aliphatic heterocycles. The van der Waals surface area contributed by atoms with Gasteiger partial charge in [0.25, 0.3) is 5.91 Å². The lowest BCUT2D eigenvalue weighted by Gasteiger charge is -2.29. The Bertz CT molecular complexity index is 836. The molecule has 2 heterocycles. The molecule has 0 spiro atoms. The summed E-state index contributed by atoms with van der Waals surface area (Å²) in [4.78, 5) is 29.0. The molecule has 0 aromatic heterocycles. The van der Waals surface area contributed by atoms with E-state index in [0.717, 1.165) is 17.7 Å². The summed E-state index contributed by atoms with van der Waals surface area (Å²) in [5, 5.41) is 0. The van der Waals surface area contributed by atoms with Gasteiger partial charge in [-0.1, -0.05) is 43.0 Å². The van der Waals surface area contributed by atoms with Gasteiger partial charge in [-0.3, -0.25) is 14.5 Å². The summed E-state index contributed by atoms with van der Waals surface area (Å²) in [6.45, 7) is 6.47. The minimum atomic E-state index is -0.580. The number of hydrogen-bond donors (Lipinski definition) is 0. The van der Waals surface area contributed by atoms with Gasteiger partial charge in [-0.05, 0) is 31.0 Å². The standard InChI is InChI=1S/C20H18N2O2/c1-13-16-8-4-5-9-17(16)20(24)22(13)14(2)19(23)21-12-11-15-7-3-6-10-18(15)21/h3-10,14H,1,11-12H2,2H3. The molecule has 2 aliphatic rings. The van der Waals surface area contributed by atoms with Crippen LogP contribution in [0.4, 0.5) is 5.69 Å². The summed E-state index contributed by atoms with van der Waals surface area (Å²) in [6, 6.07) is 14.7. The van der Waals surface area contributed by atoms with Crippen molar-refractivity contribution >= 4 is 23.2 Å². The highest BCUT2D eigenvalue weighted by Crippen LogP contribution is 2.35. The maximum absolute atomic E-state index is 13.0. The highest BCUT2D eigenvalue weighted by atomic mass is 16.2. The Morgan fingerprint density at radius 3 is 2.50 bits per heavy atom. The number of fused-ring (bicyclic) bond motifs is 2. The SMILES string of the molecule is C=C1c2ccccc2C(=O)N1C(C)C(=O)N1CCc2ccccc21. The van der Waals surface area contributed by atoms with E-state index in [9.17, 15) is 9.59 Å². The molecule has 0 saturated heterocycles. The lowest BCUT2D eigenvalue weighted by atomic mass is 10.1. The lowest BCUT2D eigenvalue weighted by molar-refractivity contribution is -0.121. The average Bonchev–Trinajstić information content (AvgIpc) is 3.14. The molecule has 0 fully saturated rings. The van der Waals surface area contributed by atoms with Gasteiger partial charge in [-0.15, -0.1) is 0 Å². The third-order valence-electron chi connectivity index (χ3n) is 4.88. The Hall–Kier alpha value is -2.88. The summed E-state index contributed by atoms with van der Waals surface area (Å²) >= 11 is 0. The third kappa shape index (κ3) is 1.99. The molecule has 0 saturated carbocycles. The van der Waals surface area contributed by atoms with Crippen molar-refractivity contribution in [2.45, 2.75) is 19.4 Å². The molecule has 0 radical (unpaired) electrons. The van der Waals surface area contributed by atoms with Crippen LogP contribution >= 0.6 is 0 Å². The molecular formula is C20H18N2O2. The molecule has 0 bridgehead atoms. The van der Waals surface area contributed by atoms with Crippen molar-refractivity contribution in [2.75, 3.05) is 11.4 Å². The van der Waals surface area contributed by atoms with Gasteiger partial charge in [0, 0.05) is 29.1 Å². The quantitative estimate of drug-likeness (QED) is 0.854. The number of para-hydroxylation sites is 1. The van der Waals surface area contributed by atoms with E-state index in [1.165, 1.54) is 10.5 Å². The second-order valence-corrected chi connectivity index (χ2v) is 6.21. The van der Waals surface area contributed by atoms with Gasteiger partial charge in [0.2, 0.25) is 5.91 Å². The lowest BCUT2D eigenvalue weighted by Crippen LogP contribution is -2.46. The van der Waals surface area contributed by atoms with Crippen molar-refractivity contribution in [3.8, 4) is 0 Å². The van der Waals surface area contributed by atoms with E-state index in [4.69, 9.17) is 0 Å². The molecule has 4 heteroatoms. The van der Waals surface area contributed by atoms with Crippen LogP contribution in [0.2, 0.25) is 0 Å². The topological polar surface area (TPSA) is 40.6 Å². The highest BCUT2D eigenvalue weighted by Gasteiger charge is 2.39. The first-order chi connectivity index (χ1) is 11.6. The highest BCUT2D eigenvalue weighted by molar-refractivity contribution is 6.12. The maximum atomic E-state index is 13.0. The molecular weight excluding hydrogens is 300 g/mol. The van der Waals surface area contributed by atoms with E-state index in [-0.39, 0.29) is 11.8 Å². The van der Waals surface area contributed by atoms with Gasteiger partial charge in [-0.25, -0.2) is 0 Å². The molecule has 1 unspecified atom stereocenters. The molecule has 24 heavy (non-hydrogen) atoms. The number of carbonyl (C=O) groups is 2. The van der Waals surface area contributed by atoms with E-state index in [0.29, 0.717) is 17.8 Å². The van der Waals surface area contributed by atoms with Crippen LogP contribution in [0, 0.1) is 0 Å². The minimum absolute atomic E-state index is 0.0674. The first kappa shape index (κ1) is 14.7. The van der Waals surface area contributed by atoms with Crippen LogP contribution < -0.4 is 4.90 Å². The van der Waals surface area contributed by atoms with Crippen LogP contribution in [0.25, 0.3) is 5.70 Å². The first-order valence-electron chi connectivity index (χ1n) is 8.10. The van der Waals surface area contributed by atoms with E-state index >= 15 is 0 Å². The van der Waals surface area contributed by atoms with Crippen molar-refractivity contribution in [1.29, 1.82) is 0 Å². The van der Waals surface area contributed by atoms with Gasteiger partial charge in [0.05, 0.1) is 0 Å². The second kappa shape index (κ2) is 5.34. The summed E-state index contributed by atoms with van der Waals surface area (Å²) in [5.41, 5.74) is 4.15. The predicted octanol–water partition coefficient (Wildman–Crippen LogP) is 3.09. The first-order valence-corrected chi connectivity index (χ1v) is 8.10. The fraction of sp³-hybridized carbons (Fsp3) is 0.200. The van der Waals surface area contributed by atoms with E-state index in [2.05, 4.69) is 6.58 Å². The molecule has 0 N–H and O–H groups in total. The Kier molecular flexibility index (Phi) is 3.27. The zero-order valence-corrected chi connectivity index (χ0v) is 13.5. The monoisotopic (exact) mass is 318 g/mol. The van der Waals surface area contributed by atoms with Crippen LogP contribution in [0.3, 0.4) is 0 Å². The maximum Gasteiger partial charge on any atom is 0.259 e. The van der Waals surface area contributed by atoms with Gasteiger partial charge in [0.15, 0.2) is 0 Å². The van der Waals surface area contributed by atoms with Crippen LogP contribution in [-0.4, -0.2) is 29.3 Å². The Morgan fingerprint density at radius 1 is 1.08 bits per heavy atom. The molecule has 2 aromatic carbocycles. The van der Waals surface area contributed by atoms with Crippen molar-refractivity contribution in [2.24, 2.45) is 0 Å². The average molecular weight is 318 g/mol. The number of amides is 2. The summed E-state index contributed by atoms with van der Waals surface area (Å²) in [6.07, 6.45) is 0.851. The van der Waals surface area contributed by atoms with Crippen LogP contribution in [0.15, 0.2) is 55.1 Å². The molecule has 120 valence electrons. The molecule has 4 nitrogen and oxygen atoms in total. The number of nitrogens with zero attached hydrogens (tertiary/aromatic N) is 2. The van der Waals surface area contributed by atoms with E-state index in [1.54, 1.807) is 17.9 Å². The Balaban J connectivity index is 1.64.